The molecule has 0 aromatic heterocycles. The summed E-state index contributed by atoms with van der Waals surface area (Å²) in [6.45, 7) is 15.4. The molecule has 0 spiro atoms. The van der Waals surface area contributed by atoms with Crippen LogP contribution in [0.15, 0.2) is 0 Å². The van der Waals surface area contributed by atoms with E-state index in [4.69, 9.17) is 0 Å². The van der Waals surface area contributed by atoms with Crippen LogP contribution in [0.2, 0.25) is 0 Å². The molecule has 1 saturated heterocycles. The molecule has 2 nitrogen and oxygen atoms in total. The highest BCUT2D eigenvalue weighted by Crippen LogP contribution is 2.17. The minimum atomic E-state index is 0.710. The topological polar surface area (TPSA) is 15.3 Å². The summed E-state index contributed by atoms with van der Waals surface area (Å²) in [5, 5.41) is 3.73. The molecule has 0 bridgehead atoms. The highest BCUT2D eigenvalue weighted by molar-refractivity contribution is 4.86. The van der Waals surface area contributed by atoms with Crippen LogP contribution in [0.25, 0.3) is 0 Å². The first-order chi connectivity index (χ1) is 8.06. The average molecular weight is 240 g/mol. The van der Waals surface area contributed by atoms with Gasteiger partial charge in [-0.3, -0.25) is 4.90 Å². The van der Waals surface area contributed by atoms with Gasteiger partial charge in [-0.25, -0.2) is 0 Å². The lowest BCUT2D eigenvalue weighted by molar-refractivity contribution is 0.102. The third kappa shape index (κ3) is 4.97. The van der Waals surface area contributed by atoms with Crippen LogP contribution in [0.4, 0.5) is 0 Å². The molecule has 0 amide bonds. The molecule has 0 saturated carbocycles. The summed E-state index contributed by atoms with van der Waals surface area (Å²) in [7, 11) is 0. The quantitative estimate of drug-likeness (QED) is 0.767. The second-order valence-corrected chi connectivity index (χ2v) is 6.26. The highest BCUT2D eigenvalue weighted by atomic mass is 15.2. The van der Waals surface area contributed by atoms with E-state index in [-0.39, 0.29) is 0 Å². The molecule has 0 aromatic carbocycles. The Morgan fingerprint density at radius 2 is 1.94 bits per heavy atom. The normalized spacial score (nSPS) is 28.6. The first kappa shape index (κ1) is 15.0. The number of piperazine rings is 1. The molecule has 3 atom stereocenters. The Labute approximate surface area is 108 Å². The third-order valence-corrected chi connectivity index (χ3v) is 4.08. The molecule has 17 heavy (non-hydrogen) atoms. The second kappa shape index (κ2) is 7.38. The van der Waals surface area contributed by atoms with Gasteiger partial charge in [-0.05, 0) is 24.7 Å². The predicted octanol–water partition coefficient (Wildman–Crippen LogP) is 3.13. The fraction of sp³-hybridized carbons (Fsp3) is 1.00. The van der Waals surface area contributed by atoms with Gasteiger partial charge in [-0.2, -0.15) is 0 Å². The van der Waals surface area contributed by atoms with Crippen molar-refractivity contribution in [2.75, 3.05) is 19.6 Å². The third-order valence-electron chi connectivity index (χ3n) is 4.08. The molecule has 1 heterocycles. The highest BCUT2D eigenvalue weighted by Gasteiger charge is 2.27. The number of rotatable bonds is 6. The van der Waals surface area contributed by atoms with Crippen molar-refractivity contribution in [3.05, 3.63) is 0 Å². The van der Waals surface area contributed by atoms with E-state index in [1.54, 1.807) is 0 Å². The van der Waals surface area contributed by atoms with E-state index in [0.717, 1.165) is 17.9 Å². The Balaban J connectivity index is 2.49. The molecule has 1 N–H and O–H groups in total. The van der Waals surface area contributed by atoms with E-state index in [9.17, 15) is 0 Å². The second-order valence-electron chi connectivity index (χ2n) is 6.26. The van der Waals surface area contributed by atoms with Crippen molar-refractivity contribution < 1.29 is 0 Å². The van der Waals surface area contributed by atoms with Gasteiger partial charge < -0.3 is 5.32 Å². The monoisotopic (exact) mass is 240 g/mol. The SMILES string of the molecule is CCC(C)CN1CC(CC(C)C)NCC1CC. The maximum absolute atomic E-state index is 3.73. The van der Waals surface area contributed by atoms with Gasteiger partial charge in [-0.1, -0.05) is 41.0 Å². The van der Waals surface area contributed by atoms with Gasteiger partial charge in [0.15, 0.2) is 0 Å². The summed E-state index contributed by atoms with van der Waals surface area (Å²) in [5.41, 5.74) is 0. The van der Waals surface area contributed by atoms with Crippen LogP contribution < -0.4 is 5.32 Å². The van der Waals surface area contributed by atoms with Crippen molar-refractivity contribution in [3.63, 3.8) is 0 Å². The molecule has 1 aliphatic rings. The lowest BCUT2D eigenvalue weighted by atomic mass is 9.97. The maximum atomic E-state index is 3.73. The van der Waals surface area contributed by atoms with Gasteiger partial charge in [0.1, 0.15) is 0 Å². The zero-order valence-corrected chi connectivity index (χ0v) is 12.5. The summed E-state index contributed by atoms with van der Waals surface area (Å²) in [6.07, 6.45) is 3.89. The largest absolute Gasteiger partial charge is 0.311 e. The van der Waals surface area contributed by atoms with E-state index in [2.05, 4.69) is 44.8 Å². The van der Waals surface area contributed by atoms with Crippen LogP contribution in [0.3, 0.4) is 0 Å². The Kier molecular flexibility index (Phi) is 6.50. The maximum Gasteiger partial charge on any atom is 0.0218 e. The summed E-state index contributed by atoms with van der Waals surface area (Å²) in [5.74, 6) is 1.64. The molecule has 1 fully saturated rings. The van der Waals surface area contributed by atoms with Crippen molar-refractivity contribution in [2.45, 2.75) is 66.0 Å². The van der Waals surface area contributed by atoms with Crippen LogP contribution in [-0.4, -0.2) is 36.6 Å². The van der Waals surface area contributed by atoms with Crippen LogP contribution in [0, 0.1) is 11.8 Å². The van der Waals surface area contributed by atoms with Crippen molar-refractivity contribution >= 4 is 0 Å². The molecule has 2 heteroatoms. The number of nitrogens with zero attached hydrogens (tertiary/aromatic N) is 1. The molecule has 1 rings (SSSR count). The van der Waals surface area contributed by atoms with E-state index < -0.39 is 0 Å². The molecule has 0 radical (unpaired) electrons. The molecule has 102 valence electrons. The van der Waals surface area contributed by atoms with Gasteiger partial charge in [0.2, 0.25) is 0 Å². The van der Waals surface area contributed by atoms with Gasteiger partial charge in [-0.15, -0.1) is 0 Å². The van der Waals surface area contributed by atoms with Crippen molar-refractivity contribution in [1.82, 2.24) is 10.2 Å². The average Bonchev–Trinajstić information content (AvgIpc) is 2.28. The zero-order valence-electron chi connectivity index (χ0n) is 12.5. The van der Waals surface area contributed by atoms with E-state index in [1.165, 1.54) is 38.9 Å². The van der Waals surface area contributed by atoms with Crippen LogP contribution in [0.5, 0.6) is 0 Å². The Hall–Kier alpha value is -0.0800. The molecule has 1 aliphatic heterocycles. The fourth-order valence-electron chi connectivity index (χ4n) is 2.81. The van der Waals surface area contributed by atoms with E-state index in [0.29, 0.717) is 6.04 Å². The molecule has 0 aromatic rings. The predicted molar refractivity (Wildman–Crippen MR) is 76.4 cm³/mol. The lowest BCUT2D eigenvalue weighted by Gasteiger charge is -2.41. The Morgan fingerprint density at radius 3 is 2.47 bits per heavy atom. The fourth-order valence-corrected chi connectivity index (χ4v) is 2.81. The van der Waals surface area contributed by atoms with E-state index >= 15 is 0 Å². The summed E-state index contributed by atoms with van der Waals surface area (Å²) in [4.78, 5) is 2.73. The minimum Gasteiger partial charge on any atom is -0.311 e. The van der Waals surface area contributed by atoms with E-state index in [1.807, 2.05) is 0 Å². The van der Waals surface area contributed by atoms with Crippen molar-refractivity contribution in [1.29, 1.82) is 0 Å². The van der Waals surface area contributed by atoms with Gasteiger partial charge >= 0.3 is 0 Å². The van der Waals surface area contributed by atoms with Gasteiger partial charge in [0.25, 0.3) is 0 Å². The molecular weight excluding hydrogens is 208 g/mol. The van der Waals surface area contributed by atoms with Crippen molar-refractivity contribution in [3.8, 4) is 0 Å². The van der Waals surface area contributed by atoms with Gasteiger partial charge in [0, 0.05) is 31.7 Å². The number of nitrogens with one attached hydrogen (secondary N) is 1. The molecule has 0 aliphatic carbocycles. The lowest BCUT2D eigenvalue weighted by Crippen LogP contribution is -2.57. The van der Waals surface area contributed by atoms with Crippen LogP contribution >= 0.6 is 0 Å². The summed E-state index contributed by atoms with van der Waals surface area (Å²) >= 11 is 0. The van der Waals surface area contributed by atoms with Crippen LogP contribution in [0.1, 0.15) is 53.9 Å². The summed E-state index contributed by atoms with van der Waals surface area (Å²) in [6, 6.07) is 1.47. The number of hydrogen-bond donors (Lipinski definition) is 1. The molecular formula is C15H32N2. The standard InChI is InChI=1S/C15H32N2/c1-6-13(5)10-17-11-14(8-12(3)4)16-9-15(17)7-2/h12-16H,6-11H2,1-5H3. The van der Waals surface area contributed by atoms with Gasteiger partial charge in [0.05, 0.1) is 0 Å². The summed E-state index contributed by atoms with van der Waals surface area (Å²) < 4.78 is 0. The smallest absolute Gasteiger partial charge is 0.0218 e. The Bertz CT molecular complexity index is 203. The Morgan fingerprint density at radius 1 is 1.24 bits per heavy atom. The number of hydrogen-bond acceptors (Lipinski definition) is 2. The first-order valence-corrected chi connectivity index (χ1v) is 7.54. The zero-order chi connectivity index (χ0) is 12.8. The minimum absolute atomic E-state index is 0.710. The van der Waals surface area contributed by atoms with Crippen molar-refractivity contribution in [2.24, 2.45) is 11.8 Å². The first-order valence-electron chi connectivity index (χ1n) is 7.54. The van der Waals surface area contributed by atoms with Crippen LogP contribution in [-0.2, 0) is 0 Å². The molecule has 3 unspecified atom stereocenters.